The van der Waals surface area contributed by atoms with Crippen LogP contribution in [0.4, 0.5) is 5.82 Å². The number of nitrogens with one attached hydrogen (secondary N) is 1. The summed E-state index contributed by atoms with van der Waals surface area (Å²) in [6.45, 7) is 3.96. The number of carbonyl (C=O) groups is 1. The SMILES string of the molecule is CC(NC(=O)c1ccc(N2CCCCCC2)nc1)c1cccc(O)c1. The Labute approximate surface area is 148 Å². The van der Waals surface area contributed by atoms with E-state index in [1.54, 1.807) is 24.4 Å². The number of anilines is 1. The van der Waals surface area contributed by atoms with Crippen molar-refractivity contribution in [1.82, 2.24) is 10.3 Å². The maximum absolute atomic E-state index is 12.4. The maximum Gasteiger partial charge on any atom is 0.253 e. The van der Waals surface area contributed by atoms with Crippen molar-refractivity contribution in [3.05, 3.63) is 53.7 Å². The first-order chi connectivity index (χ1) is 12.1. The number of benzene rings is 1. The van der Waals surface area contributed by atoms with Crippen molar-refractivity contribution < 1.29 is 9.90 Å². The minimum atomic E-state index is -0.190. The van der Waals surface area contributed by atoms with Gasteiger partial charge in [-0.1, -0.05) is 25.0 Å². The molecule has 5 nitrogen and oxygen atoms in total. The summed E-state index contributed by atoms with van der Waals surface area (Å²) in [6, 6.07) is 10.5. The number of hydrogen-bond acceptors (Lipinski definition) is 4. The predicted octanol–water partition coefficient (Wildman–Crippen LogP) is 3.66. The standard InChI is InChI=1S/C20H25N3O2/c1-15(16-7-6-8-18(24)13-16)22-20(25)17-9-10-19(21-14-17)23-11-4-2-3-5-12-23/h6-10,13-15,24H,2-5,11-12H2,1H3,(H,22,25). The highest BCUT2D eigenvalue weighted by Crippen LogP contribution is 2.20. The fraction of sp³-hybridized carbons (Fsp3) is 0.400. The predicted molar refractivity (Wildman–Crippen MR) is 98.9 cm³/mol. The van der Waals surface area contributed by atoms with Crippen LogP contribution in [-0.4, -0.2) is 29.1 Å². The van der Waals surface area contributed by atoms with Gasteiger partial charge in [-0.2, -0.15) is 0 Å². The van der Waals surface area contributed by atoms with Gasteiger partial charge in [0, 0.05) is 19.3 Å². The Balaban J connectivity index is 1.64. The summed E-state index contributed by atoms with van der Waals surface area (Å²) >= 11 is 0. The summed E-state index contributed by atoms with van der Waals surface area (Å²) in [5.41, 5.74) is 1.41. The average Bonchev–Trinajstić information content (AvgIpc) is 2.91. The van der Waals surface area contributed by atoms with Crippen molar-refractivity contribution in [2.45, 2.75) is 38.6 Å². The summed E-state index contributed by atoms with van der Waals surface area (Å²) in [5, 5.41) is 12.5. The molecule has 1 unspecified atom stereocenters. The van der Waals surface area contributed by atoms with E-state index in [4.69, 9.17) is 0 Å². The molecule has 1 aliphatic heterocycles. The second-order valence-electron chi connectivity index (χ2n) is 6.60. The Morgan fingerprint density at radius 2 is 1.92 bits per heavy atom. The van der Waals surface area contributed by atoms with Gasteiger partial charge in [0.05, 0.1) is 11.6 Å². The van der Waals surface area contributed by atoms with Gasteiger partial charge >= 0.3 is 0 Å². The summed E-state index contributed by atoms with van der Waals surface area (Å²) in [6.07, 6.45) is 6.61. The average molecular weight is 339 g/mol. The number of aromatic hydroxyl groups is 1. The molecule has 1 atom stereocenters. The molecule has 3 rings (SSSR count). The third-order valence-electron chi connectivity index (χ3n) is 4.66. The van der Waals surface area contributed by atoms with E-state index in [9.17, 15) is 9.90 Å². The van der Waals surface area contributed by atoms with Crippen LogP contribution >= 0.6 is 0 Å². The molecule has 0 aliphatic carbocycles. The second-order valence-corrected chi connectivity index (χ2v) is 6.60. The number of carbonyl (C=O) groups excluding carboxylic acids is 1. The molecule has 25 heavy (non-hydrogen) atoms. The number of pyridine rings is 1. The molecule has 1 amide bonds. The van der Waals surface area contributed by atoms with Gasteiger partial charge in [0.15, 0.2) is 0 Å². The zero-order valence-corrected chi connectivity index (χ0v) is 14.6. The fourth-order valence-corrected chi connectivity index (χ4v) is 3.16. The van der Waals surface area contributed by atoms with Crippen molar-refractivity contribution in [2.24, 2.45) is 0 Å². The van der Waals surface area contributed by atoms with E-state index < -0.39 is 0 Å². The number of amides is 1. The van der Waals surface area contributed by atoms with Crippen molar-refractivity contribution in [1.29, 1.82) is 0 Å². The molecule has 132 valence electrons. The molecule has 0 bridgehead atoms. The number of aromatic nitrogens is 1. The number of phenols is 1. The minimum absolute atomic E-state index is 0.161. The summed E-state index contributed by atoms with van der Waals surface area (Å²) in [4.78, 5) is 19.2. The topological polar surface area (TPSA) is 65.5 Å². The highest BCUT2D eigenvalue weighted by atomic mass is 16.3. The number of rotatable bonds is 4. The monoisotopic (exact) mass is 339 g/mol. The Morgan fingerprint density at radius 3 is 2.56 bits per heavy atom. The maximum atomic E-state index is 12.4. The van der Waals surface area contributed by atoms with Crippen molar-refractivity contribution in [3.63, 3.8) is 0 Å². The summed E-state index contributed by atoms with van der Waals surface area (Å²) in [7, 11) is 0. The first-order valence-electron chi connectivity index (χ1n) is 8.94. The lowest BCUT2D eigenvalue weighted by Crippen LogP contribution is -2.27. The van der Waals surface area contributed by atoms with Crippen molar-refractivity contribution in [2.75, 3.05) is 18.0 Å². The molecule has 2 N–H and O–H groups in total. The zero-order chi connectivity index (χ0) is 17.6. The lowest BCUT2D eigenvalue weighted by Gasteiger charge is -2.21. The molecule has 1 aromatic heterocycles. The lowest BCUT2D eigenvalue weighted by molar-refractivity contribution is 0.0939. The second kappa shape index (κ2) is 8.01. The third kappa shape index (κ3) is 4.50. The molecule has 1 aromatic carbocycles. The van der Waals surface area contributed by atoms with Gasteiger partial charge < -0.3 is 15.3 Å². The highest BCUT2D eigenvalue weighted by molar-refractivity contribution is 5.94. The smallest absolute Gasteiger partial charge is 0.253 e. The molecule has 0 spiro atoms. The molecule has 1 saturated heterocycles. The van der Waals surface area contributed by atoms with Crippen LogP contribution in [-0.2, 0) is 0 Å². The Hall–Kier alpha value is -2.56. The van der Waals surface area contributed by atoms with Crippen LogP contribution < -0.4 is 10.2 Å². The number of nitrogens with zero attached hydrogens (tertiary/aromatic N) is 2. The minimum Gasteiger partial charge on any atom is -0.508 e. The van der Waals surface area contributed by atoms with E-state index in [0.29, 0.717) is 5.56 Å². The Morgan fingerprint density at radius 1 is 1.16 bits per heavy atom. The normalized spacial score (nSPS) is 16.1. The van der Waals surface area contributed by atoms with Crippen LogP contribution in [0.25, 0.3) is 0 Å². The largest absolute Gasteiger partial charge is 0.508 e. The molecule has 0 radical (unpaired) electrons. The molecule has 1 aliphatic rings. The quantitative estimate of drug-likeness (QED) is 0.892. The molecule has 0 saturated carbocycles. The number of hydrogen-bond donors (Lipinski definition) is 2. The van der Waals surface area contributed by atoms with E-state index in [2.05, 4.69) is 15.2 Å². The fourth-order valence-electron chi connectivity index (χ4n) is 3.16. The van der Waals surface area contributed by atoms with Crippen LogP contribution in [0, 0.1) is 0 Å². The van der Waals surface area contributed by atoms with Crippen LogP contribution in [0.3, 0.4) is 0 Å². The molecule has 2 aromatic rings. The van der Waals surface area contributed by atoms with Gasteiger partial charge in [0.1, 0.15) is 11.6 Å². The highest BCUT2D eigenvalue weighted by Gasteiger charge is 2.14. The first-order valence-corrected chi connectivity index (χ1v) is 8.94. The lowest BCUT2D eigenvalue weighted by atomic mass is 10.1. The van der Waals surface area contributed by atoms with E-state index in [1.807, 2.05) is 25.1 Å². The summed E-state index contributed by atoms with van der Waals surface area (Å²) < 4.78 is 0. The van der Waals surface area contributed by atoms with Gasteiger partial charge in [-0.3, -0.25) is 4.79 Å². The molecule has 1 fully saturated rings. The van der Waals surface area contributed by atoms with Gasteiger partial charge in [0.25, 0.3) is 5.91 Å². The van der Waals surface area contributed by atoms with Crippen LogP contribution in [0.15, 0.2) is 42.6 Å². The van der Waals surface area contributed by atoms with Gasteiger partial charge in [0.2, 0.25) is 0 Å². The van der Waals surface area contributed by atoms with E-state index >= 15 is 0 Å². The van der Waals surface area contributed by atoms with E-state index in [-0.39, 0.29) is 17.7 Å². The van der Waals surface area contributed by atoms with Gasteiger partial charge in [-0.25, -0.2) is 4.98 Å². The van der Waals surface area contributed by atoms with Gasteiger partial charge in [-0.05, 0) is 49.6 Å². The van der Waals surface area contributed by atoms with Crippen molar-refractivity contribution in [3.8, 4) is 5.75 Å². The molecule has 2 heterocycles. The molecular weight excluding hydrogens is 314 g/mol. The van der Waals surface area contributed by atoms with Gasteiger partial charge in [-0.15, -0.1) is 0 Å². The van der Waals surface area contributed by atoms with E-state index in [0.717, 1.165) is 24.5 Å². The van der Waals surface area contributed by atoms with Crippen LogP contribution in [0.5, 0.6) is 5.75 Å². The molecule has 5 heteroatoms. The number of phenolic OH excluding ortho intramolecular Hbond substituents is 1. The first kappa shape index (κ1) is 17.3. The molecular formula is C20H25N3O2. The Kier molecular flexibility index (Phi) is 5.53. The van der Waals surface area contributed by atoms with E-state index in [1.165, 1.54) is 25.7 Å². The van der Waals surface area contributed by atoms with Crippen LogP contribution in [0.1, 0.15) is 54.6 Å². The Bertz CT molecular complexity index is 707. The van der Waals surface area contributed by atoms with Crippen LogP contribution in [0.2, 0.25) is 0 Å². The third-order valence-corrected chi connectivity index (χ3v) is 4.66. The van der Waals surface area contributed by atoms with Crippen molar-refractivity contribution >= 4 is 11.7 Å². The summed E-state index contributed by atoms with van der Waals surface area (Å²) in [5.74, 6) is 0.979. The zero-order valence-electron chi connectivity index (χ0n) is 14.6.